The Morgan fingerprint density at radius 3 is 3.03 bits per heavy atom. The monoisotopic (exact) mass is 485 g/mol. The molecule has 2 aromatic rings. The van der Waals surface area contributed by atoms with Gasteiger partial charge in [0.25, 0.3) is 8.18 Å². The molecule has 1 aliphatic rings. The molecule has 1 saturated heterocycles. The summed E-state index contributed by atoms with van der Waals surface area (Å²) in [5.41, 5.74) is 6.02. The Kier molecular flexibility index (Phi) is 9.19. The van der Waals surface area contributed by atoms with Crippen molar-refractivity contribution in [1.29, 1.82) is 0 Å². The number of anilines is 1. The summed E-state index contributed by atoms with van der Waals surface area (Å²) in [7, 11) is -2.81. The van der Waals surface area contributed by atoms with Crippen LogP contribution in [0, 0.1) is 0 Å². The van der Waals surface area contributed by atoms with Crippen LogP contribution in [0.25, 0.3) is 5.52 Å². The van der Waals surface area contributed by atoms with Crippen molar-refractivity contribution >= 4 is 25.5 Å². The van der Waals surface area contributed by atoms with Gasteiger partial charge in [-0.25, -0.2) is 19.0 Å². The summed E-state index contributed by atoms with van der Waals surface area (Å²) in [5, 5.41) is 6.80. The quantitative estimate of drug-likeness (QED) is 0.249. The molecule has 1 aliphatic heterocycles. The van der Waals surface area contributed by atoms with Crippen LogP contribution in [0.4, 0.5) is 10.2 Å². The van der Waals surface area contributed by atoms with Crippen LogP contribution in [0.5, 0.6) is 0 Å². The highest BCUT2D eigenvalue weighted by Gasteiger charge is 2.43. The fourth-order valence-electron chi connectivity index (χ4n) is 3.78. The SMILES string of the molecule is CCCCCCOC(=O)[C@H](C)N[PH](=O)OC[C@]1(CF)CC[C@H](c2ccc3c(N)ncnn23)O1. The summed E-state index contributed by atoms with van der Waals surface area (Å²) >= 11 is 0. The van der Waals surface area contributed by atoms with Crippen molar-refractivity contribution in [2.24, 2.45) is 0 Å². The first-order valence-corrected chi connectivity index (χ1v) is 12.6. The van der Waals surface area contributed by atoms with Crippen LogP contribution in [-0.4, -0.2) is 52.1 Å². The van der Waals surface area contributed by atoms with E-state index < -0.39 is 38.6 Å². The molecule has 0 spiro atoms. The van der Waals surface area contributed by atoms with Crippen LogP contribution in [-0.2, 0) is 23.4 Å². The van der Waals surface area contributed by atoms with E-state index in [1.54, 1.807) is 17.5 Å². The first-order valence-electron chi connectivity index (χ1n) is 11.3. The number of unbranched alkanes of at least 4 members (excludes halogenated alkanes) is 3. The van der Waals surface area contributed by atoms with Crippen molar-refractivity contribution in [3.63, 3.8) is 0 Å². The van der Waals surface area contributed by atoms with Gasteiger partial charge < -0.3 is 19.7 Å². The standard InChI is InChI=1S/C21H33FN5O5P/c1-3-4-5-6-11-30-20(28)15(2)26-33(29)31-13-21(12-22)10-9-18(32-21)16-7-8-17-19(23)24-14-25-27(16)17/h7-8,14-15,18,33H,3-6,9-13H2,1-2H3,(H,26,29)(H2,23,24,25)/t15-,18+,21+/m0/s1. The maximum Gasteiger partial charge on any atom is 0.323 e. The van der Waals surface area contributed by atoms with E-state index in [1.807, 2.05) is 6.07 Å². The number of nitrogen functional groups attached to an aromatic ring is 1. The molecule has 10 nitrogen and oxygen atoms in total. The van der Waals surface area contributed by atoms with Crippen molar-refractivity contribution in [2.75, 3.05) is 25.6 Å². The lowest BCUT2D eigenvalue weighted by atomic mass is 10.0. The minimum Gasteiger partial charge on any atom is -0.465 e. The van der Waals surface area contributed by atoms with E-state index in [9.17, 15) is 13.8 Å². The highest BCUT2D eigenvalue weighted by molar-refractivity contribution is 7.36. The number of esters is 1. The molecule has 0 amide bonds. The molecule has 1 unspecified atom stereocenters. The van der Waals surface area contributed by atoms with Crippen LogP contribution in [0.3, 0.4) is 0 Å². The van der Waals surface area contributed by atoms with Gasteiger partial charge in [0.05, 0.1) is 18.9 Å². The molecule has 0 aromatic carbocycles. The van der Waals surface area contributed by atoms with Crippen LogP contribution in [0.1, 0.15) is 64.2 Å². The highest BCUT2D eigenvalue weighted by atomic mass is 31.1. The van der Waals surface area contributed by atoms with Gasteiger partial charge in [-0.2, -0.15) is 5.10 Å². The molecule has 33 heavy (non-hydrogen) atoms. The van der Waals surface area contributed by atoms with Gasteiger partial charge in [0.15, 0.2) is 5.82 Å². The molecule has 0 aliphatic carbocycles. The summed E-state index contributed by atoms with van der Waals surface area (Å²) < 4.78 is 44.5. The molecule has 12 heteroatoms. The van der Waals surface area contributed by atoms with Gasteiger partial charge in [-0.3, -0.25) is 9.36 Å². The second kappa shape index (κ2) is 11.9. The Hall–Kier alpha value is -2.07. The molecule has 0 bridgehead atoms. The van der Waals surface area contributed by atoms with Crippen LogP contribution in [0.2, 0.25) is 0 Å². The number of nitrogens with one attached hydrogen (secondary N) is 1. The number of rotatable bonds is 13. The third kappa shape index (κ3) is 6.50. The second-order valence-corrected chi connectivity index (χ2v) is 9.48. The summed E-state index contributed by atoms with van der Waals surface area (Å²) in [6, 6.07) is 2.81. The maximum absolute atomic E-state index is 14.0. The Morgan fingerprint density at radius 1 is 1.45 bits per heavy atom. The predicted octanol–water partition coefficient (Wildman–Crippen LogP) is 3.38. The smallest absolute Gasteiger partial charge is 0.323 e. The third-order valence-electron chi connectivity index (χ3n) is 5.74. The number of halogens is 1. The minimum absolute atomic E-state index is 0.204. The summed E-state index contributed by atoms with van der Waals surface area (Å²) in [4.78, 5) is 16.0. The van der Waals surface area contributed by atoms with Crippen molar-refractivity contribution in [3.05, 3.63) is 24.2 Å². The van der Waals surface area contributed by atoms with Crippen molar-refractivity contribution in [3.8, 4) is 0 Å². The van der Waals surface area contributed by atoms with Crippen LogP contribution in [0.15, 0.2) is 18.5 Å². The zero-order valence-corrected chi connectivity index (χ0v) is 20.1. The lowest BCUT2D eigenvalue weighted by Gasteiger charge is -2.26. The van der Waals surface area contributed by atoms with Gasteiger partial charge in [0.1, 0.15) is 36.3 Å². The average molecular weight is 485 g/mol. The first-order chi connectivity index (χ1) is 15.9. The second-order valence-electron chi connectivity index (χ2n) is 8.33. The Labute approximate surface area is 193 Å². The molecule has 0 radical (unpaired) electrons. The number of carbonyl (C=O) groups is 1. The molecule has 184 valence electrons. The number of alkyl halides is 1. The van der Waals surface area contributed by atoms with E-state index in [0.717, 1.165) is 31.4 Å². The number of nitrogens with two attached hydrogens (primary N) is 1. The first kappa shape index (κ1) is 25.6. The fourth-order valence-corrected chi connectivity index (χ4v) is 4.73. The molecule has 3 rings (SSSR count). The summed E-state index contributed by atoms with van der Waals surface area (Å²) in [6.07, 6.45) is 5.84. The molecular weight excluding hydrogens is 452 g/mol. The number of aromatic nitrogens is 3. The van der Waals surface area contributed by atoms with Gasteiger partial charge in [0, 0.05) is 0 Å². The zero-order valence-electron chi connectivity index (χ0n) is 19.1. The molecular formula is C21H33FN5O5P. The molecule has 2 aromatic heterocycles. The van der Waals surface area contributed by atoms with Crippen LogP contribution >= 0.6 is 8.18 Å². The van der Waals surface area contributed by atoms with Gasteiger partial charge in [0.2, 0.25) is 0 Å². The lowest BCUT2D eigenvalue weighted by molar-refractivity contribution is -0.145. The zero-order chi connectivity index (χ0) is 23.8. The van der Waals surface area contributed by atoms with Gasteiger partial charge in [-0.1, -0.05) is 26.2 Å². The number of hydrogen-bond donors (Lipinski definition) is 2. The largest absolute Gasteiger partial charge is 0.465 e. The molecule has 4 atom stereocenters. The lowest BCUT2D eigenvalue weighted by Crippen LogP contribution is -2.37. The molecule has 3 N–H and O–H groups in total. The average Bonchev–Trinajstić information content (AvgIpc) is 3.43. The topological polar surface area (TPSA) is 130 Å². The number of nitrogens with zero attached hydrogens (tertiary/aromatic N) is 3. The predicted molar refractivity (Wildman–Crippen MR) is 122 cm³/mol. The Balaban J connectivity index is 1.49. The van der Waals surface area contributed by atoms with Crippen LogP contribution < -0.4 is 10.8 Å². The van der Waals surface area contributed by atoms with Gasteiger partial charge in [-0.15, -0.1) is 0 Å². The summed E-state index contributed by atoms with van der Waals surface area (Å²) in [5.74, 6) is -0.153. The number of fused-ring (bicyclic) bond motifs is 1. The number of ether oxygens (including phenoxy) is 2. The normalized spacial score (nSPS) is 22.5. The van der Waals surface area contributed by atoms with Gasteiger partial charge >= 0.3 is 5.97 Å². The molecule has 0 saturated carbocycles. The van der Waals surface area contributed by atoms with E-state index in [-0.39, 0.29) is 6.61 Å². The molecule has 1 fully saturated rings. The number of hydrogen-bond acceptors (Lipinski definition) is 8. The van der Waals surface area contributed by atoms with E-state index in [4.69, 9.17) is 19.7 Å². The Bertz CT molecular complexity index is 960. The number of carbonyl (C=O) groups excluding carboxylic acids is 1. The fraction of sp³-hybridized carbons (Fsp3) is 0.667. The molecule has 3 heterocycles. The van der Waals surface area contributed by atoms with E-state index >= 15 is 0 Å². The maximum atomic E-state index is 14.0. The van der Waals surface area contributed by atoms with Crippen molar-refractivity contribution in [2.45, 2.75) is 70.1 Å². The van der Waals surface area contributed by atoms with Gasteiger partial charge in [-0.05, 0) is 38.3 Å². The van der Waals surface area contributed by atoms with E-state index in [1.165, 1.54) is 6.33 Å². The van der Waals surface area contributed by atoms with Crippen molar-refractivity contribution < 1.29 is 27.7 Å². The van der Waals surface area contributed by atoms with Crippen molar-refractivity contribution in [1.82, 2.24) is 19.7 Å². The third-order valence-corrected chi connectivity index (χ3v) is 6.81. The Morgan fingerprint density at radius 2 is 2.27 bits per heavy atom. The highest BCUT2D eigenvalue weighted by Crippen LogP contribution is 2.41. The minimum atomic E-state index is -2.81. The van der Waals surface area contributed by atoms with E-state index in [2.05, 4.69) is 22.1 Å². The summed E-state index contributed by atoms with van der Waals surface area (Å²) in [6.45, 7) is 2.99. The van der Waals surface area contributed by atoms with E-state index in [0.29, 0.717) is 30.8 Å².